The molecule has 1 fully saturated rings. The topological polar surface area (TPSA) is 128 Å². The number of anilines is 1. The summed E-state index contributed by atoms with van der Waals surface area (Å²) in [7, 11) is 1.33. The van der Waals surface area contributed by atoms with Crippen molar-refractivity contribution in [1.82, 2.24) is 34.4 Å². The molecule has 0 unspecified atom stereocenters. The van der Waals surface area contributed by atoms with Crippen molar-refractivity contribution in [1.29, 1.82) is 0 Å². The number of aromatic nitrogens is 6. The summed E-state index contributed by atoms with van der Waals surface area (Å²) in [5.41, 5.74) is 2.95. The molecule has 0 spiro atoms. The molecule has 1 amide bonds. The highest BCUT2D eigenvalue weighted by atomic mass is 35.5. The van der Waals surface area contributed by atoms with Crippen molar-refractivity contribution in [2.24, 2.45) is 0 Å². The van der Waals surface area contributed by atoms with Crippen molar-refractivity contribution < 1.29 is 14.3 Å². The van der Waals surface area contributed by atoms with E-state index in [1.54, 1.807) is 41.6 Å². The molecule has 0 aliphatic heterocycles. The van der Waals surface area contributed by atoms with Crippen LogP contribution < -0.4 is 10.6 Å². The van der Waals surface area contributed by atoms with Crippen molar-refractivity contribution in [3.8, 4) is 5.95 Å². The number of methoxy groups -OCH3 is 1. The van der Waals surface area contributed by atoms with E-state index in [4.69, 9.17) is 16.3 Å². The van der Waals surface area contributed by atoms with Gasteiger partial charge in [-0.3, -0.25) is 4.79 Å². The van der Waals surface area contributed by atoms with E-state index < -0.39 is 5.97 Å². The van der Waals surface area contributed by atoms with Crippen molar-refractivity contribution in [2.75, 3.05) is 12.4 Å². The van der Waals surface area contributed by atoms with Crippen molar-refractivity contribution in [3.05, 3.63) is 64.5 Å². The second-order valence-corrected chi connectivity index (χ2v) is 9.28. The summed E-state index contributed by atoms with van der Waals surface area (Å²) in [4.78, 5) is 38.3. The summed E-state index contributed by atoms with van der Waals surface area (Å²) in [6, 6.07) is 3.67. The number of pyridine rings is 1. The summed E-state index contributed by atoms with van der Waals surface area (Å²) in [6.07, 6.45) is 11.1. The molecule has 12 heteroatoms. The summed E-state index contributed by atoms with van der Waals surface area (Å²) >= 11 is 6.29. The predicted octanol–water partition coefficient (Wildman–Crippen LogP) is 3.60. The molecule has 4 aromatic rings. The maximum Gasteiger partial charge on any atom is 0.338 e. The first-order chi connectivity index (χ1) is 18.0. The number of hydrogen-bond donors (Lipinski definition) is 2. The SMILES string of the molecule is CCCCc1c(C(=O)NCc2cnc3cc(C(=O)OC)ccn23)cnn1-c1ncc(Cl)c(NC2CC2)n1. The van der Waals surface area contributed by atoms with Crippen LogP contribution in [0.25, 0.3) is 11.6 Å². The number of amides is 1. The van der Waals surface area contributed by atoms with Gasteiger partial charge in [0.25, 0.3) is 11.9 Å². The fraction of sp³-hybridized carbons (Fsp3) is 0.360. The Morgan fingerprint density at radius 2 is 2.05 bits per heavy atom. The molecule has 11 nitrogen and oxygen atoms in total. The third kappa shape index (κ3) is 5.26. The molecule has 4 heterocycles. The Hall–Kier alpha value is -3.99. The average molecular weight is 523 g/mol. The highest BCUT2D eigenvalue weighted by Crippen LogP contribution is 2.28. The van der Waals surface area contributed by atoms with Gasteiger partial charge in [-0.1, -0.05) is 24.9 Å². The van der Waals surface area contributed by atoms with Gasteiger partial charge in [0.15, 0.2) is 5.82 Å². The zero-order valence-corrected chi connectivity index (χ0v) is 21.3. The van der Waals surface area contributed by atoms with Gasteiger partial charge in [0, 0.05) is 12.2 Å². The number of ether oxygens (including phenoxy) is 1. The average Bonchev–Trinajstić information content (AvgIpc) is 3.48. The number of fused-ring (bicyclic) bond motifs is 1. The normalized spacial score (nSPS) is 13.1. The molecule has 0 radical (unpaired) electrons. The van der Waals surface area contributed by atoms with Crippen LogP contribution >= 0.6 is 11.6 Å². The van der Waals surface area contributed by atoms with E-state index in [-0.39, 0.29) is 12.5 Å². The minimum absolute atomic E-state index is 0.239. The summed E-state index contributed by atoms with van der Waals surface area (Å²) in [5.74, 6) is 0.238. The van der Waals surface area contributed by atoms with Crippen LogP contribution in [-0.4, -0.2) is 54.2 Å². The lowest BCUT2D eigenvalue weighted by molar-refractivity contribution is 0.0600. The maximum atomic E-state index is 13.2. The second-order valence-electron chi connectivity index (χ2n) is 8.87. The van der Waals surface area contributed by atoms with Gasteiger partial charge < -0.3 is 19.8 Å². The first-order valence-electron chi connectivity index (χ1n) is 12.2. The number of halogens is 1. The number of esters is 1. The first kappa shape index (κ1) is 24.7. The van der Waals surface area contributed by atoms with E-state index in [1.165, 1.54) is 7.11 Å². The quantitative estimate of drug-likeness (QED) is 0.302. The largest absolute Gasteiger partial charge is 0.465 e. The van der Waals surface area contributed by atoms with Gasteiger partial charge in [-0.15, -0.1) is 0 Å². The monoisotopic (exact) mass is 522 g/mol. The van der Waals surface area contributed by atoms with E-state index in [1.807, 2.05) is 4.40 Å². The first-order valence-corrected chi connectivity index (χ1v) is 12.5. The zero-order chi connectivity index (χ0) is 25.9. The van der Waals surface area contributed by atoms with Crippen LogP contribution in [0.1, 0.15) is 64.7 Å². The van der Waals surface area contributed by atoms with Gasteiger partial charge >= 0.3 is 5.97 Å². The number of carbonyl (C=O) groups excluding carboxylic acids is 2. The molecule has 0 aromatic carbocycles. The Bertz CT molecular complexity index is 1460. The molecule has 37 heavy (non-hydrogen) atoms. The fourth-order valence-electron chi connectivity index (χ4n) is 3.98. The molecule has 0 saturated heterocycles. The Morgan fingerprint density at radius 1 is 1.22 bits per heavy atom. The highest BCUT2D eigenvalue weighted by Gasteiger charge is 2.24. The Kier molecular flexibility index (Phi) is 7.04. The molecule has 5 rings (SSSR count). The highest BCUT2D eigenvalue weighted by molar-refractivity contribution is 6.32. The minimum Gasteiger partial charge on any atom is -0.465 e. The number of rotatable bonds is 10. The number of carbonyl (C=O) groups is 2. The summed E-state index contributed by atoms with van der Waals surface area (Å²) in [5, 5.41) is 11.2. The van der Waals surface area contributed by atoms with Crippen LogP contribution in [0.5, 0.6) is 0 Å². The molecule has 0 atom stereocenters. The van der Waals surface area contributed by atoms with Gasteiger partial charge in [0.05, 0.1) is 54.8 Å². The molecule has 2 N–H and O–H groups in total. The predicted molar refractivity (Wildman–Crippen MR) is 137 cm³/mol. The zero-order valence-electron chi connectivity index (χ0n) is 20.6. The number of nitrogens with zero attached hydrogens (tertiary/aromatic N) is 6. The Labute approximate surface area is 218 Å². The van der Waals surface area contributed by atoms with Gasteiger partial charge in [-0.05, 0) is 37.8 Å². The van der Waals surface area contributed by atoms with E-state index in [0.29, 0.717) is 46.0 Å². The smallest absolute Gasteiger partial charge is 0.338 e. The molecule has 1 aliphatic rings. The molecule has 4 aromatic heterocycles. The number of unbranched alkanes of at least 4 members (excludes halogenated alkanes) is 1. The lowest BCUT2D eigenvalue weighted by atomic mass is 10.1. The number of hydrogen-bond acceptors (Lipinski definition) is 8. The van der Waals surface area contributed by atoms with E-state index >= 15 is 0 Å². The van der Waals surface area contributed by atoms with Crippen molar-refractivity contribution in [2.45, 2.75) is 51.6 Å². The lowest BCUT2D eigenvalue weighted by Crippen LogP contribution is -2.24. The molecule has 1 aliphatic carbocycles. The Morgan fingerprint density at radius 3 is 2.81 bits per heavy atom. The standard InChI is InChI=1S/C25H27ClN8O3/c1-3-4-5-20-18(13-30-34(20)25-29-14-19(26)22(32-25)31-16-6-7-16)23(35)28-12-17-11-27-21-10-15(24(36)37-2)8-9-33(17)21/h8-11,13-14,16H,3-7,12H2,1-2H3,(H,28,35)(H,29,31,32). The van der Waals surface area contributed by atoms with Crippen LogP contribution in [0.2, 0.25) is 5.02 Å². The van der Waals surface area contributed by atoms with E-state index in [2.05, 4.69) is 37.6 Å². The van der Waals surface area contributed by atoms with Gasteiger partial charge in [0.2, 0.25) is 0 Å². The number of nitrogens with one attached hydrogen (secondary N) is 2. The third-order valence-electron chi connectivity index (χ3n) is 6.16. The fourth-order valence-corrected chi connectivity index (χ4v) is 4.12. The van der Waals surface area contributed by atoms with Crippen molar-refractivity contribution >= 4 is 34.9 Å². The number of imidazole rings is 1. The van der Waals surface area contributed by atoms with E-state index in [0.717, 1.165) is 37.1 Å². The second kappa shape index (κ2) is 10.6. The van der Waals surface area contributed by atoms with Gasteiger partial charge in [-0.2, -0.15) is 10.1 Å². The Balaban J connectivity index is 1.37. The lowest BCUT2D eigenvalue weighted by Gasteiger charge is -2.11. The summed E-state index contributed by atoms with van der Waals surface area (Å²) in [6.45, 7) is 2.33. The van der Waals surface area contributed by atoms with Crippen LogP contribution in [0.3, 0.4) is 0 Å². The van der Waals surface area contributed by atoms with Crippen molar-refractivity contribution in [3.63, 3.8) is 0 Å². The molecule has 0 bridgehead atoms. The van der Waals surface area contributed by atoms with Gasteiger partial charge in [0.1, 0.15) is 10.7 Å². The minimum atomic E-state index is -0.433. The summed E-state index contributed by atoms with van der Waals surface area (Å²) < 4.78 is 8.19. The van der Waals surface area contributed by atoms with Crippen LogP contribution in [0.4, 0.5) is 5.82 Å². The molecular weight excluding hydrogens is 496 g/mol. The molecular formula is C25H27ClN8O3. The van der Waals surface area contributed by atoms with Crippen LogP contribution in [0.15, 0.2) is 36.9 Å². The van der Waals surface area contributed by atoms with E-state index in [9.17, 15) is 9.59 Å². The third-order valence-corrected chi connectivity index (χ3v) is 6.44. The maximum absolute atomic E-state index is 13.2. The molecule has 1 saturated carbocycles. The van der Waals surface area contributed by atoms with Crippen LogP contribution in [-0.2, 0) is 17.7 Å². The van der Waals surface area contributed by atoms with Gasteiger partial charge in [-0.25, -0.2) is 19.4 Å². The van der Waals surface area contributed by atoms with Crippen LogP contribution in [0, 0.1) is 0 Å². The molecule has 192 valence electrons.